The summed E-state index contributed by atoms with van der Waals surface area (Å²) in [5.74, 6) is 1.72. The zero-order valence-corrected chi connectivity index (χ0v) is 26.1. The van der Waals surface area contributed by atoms with Gasteiger partial charge in [-0.2, -0.15) is 0 Å². The Bertz CT molecular complexity index is 863. The maximum atomic E-state index is 11.8. The topological polar surface area (TPSA) is 71.1 Å². The van der Waals surface area contributed by atoms with Crippen LogP contribution in [0.25, 0.3) is 0 Å². The van der Waals surface area contributed by atoms with Gasteiger partial charge in [0.2, 0.25) is 0 Å². The van der Waals surface area contributed by atoms with Crippen LogP contribution in [0.1, 0.15) is 51.4 Å². The average molecular weight is 758 g/mol. The highest BCUT2D eigenvalue weighted by atomic mass is 79.9. The fourth-order valence-corrected chi connectivity index (χ4v) is 4.20. The lowest BCUT2D eigenvalue weighted by atomic mass is 10.1. The number of esters is 2. The standard InChI is InChI=1S/C26H30Br4O6/c27-23(28)17-25(31)35-21-11-7-9-19(15-21)33-13-5-3-1-2-4-6-14-34-20-10-8-12-22(16-20)36-26(32)18-24(29)30/h7-12,15-16,23-24H,1-6,13-14,17-18H2. The third-order valence-corrected chi connectivity index (χ3v) is 6.09. The Balaban J connectivity index is 1.52. The van der Waals surface area contributed by atoms with Gasteiger partial charge in [0.15, 0.2) is 0 Å². The Morgan fingerprint density at radius 1 is 0.583 bits per heavy atom. The molecule has 0 atom stereocenters. The van der Waals surface area contributed by atoms with Gasteiger partial charge >= 0.3 is 11.9 Å². The molecule has 0 aliphatic heterocycles. The first-order chi connectivity index (χ1) is 17.3. The van der Waals surface area contributed by atoms with E-state index in [1.165, 1.54) is 0 Å². The molecular weight excluding hydrogens is 728 g/mol. The maximum Gasteiger partial charge on any atom is 0.313 e. The Hall–Kier alpha value is -1.10. The van der Waals surface area contributed by atoms with E-state index in [1.807, 2.05) is 24.3 Å². The number of carbonyl (C=O) groups excluding carboxylic acids is 2. The molecule has 0 aliphatic carbocycles. The molecule has 2 aromatic carbocycles. The lowest BCUT2D eigenvalue weighted by Gasteiger charge is -2.09. The maximum absolute atomic E-state index is 11.8. The first-order valence-corrected chi connectivity index (χ1v) is 15.4. The lowest BCUT2D eigenvalue weighted by Crippen LogP contribution is -2.10. The van der Waals surface area contributed by atoms with E-state index in [-0.39, 0.29) is 32.3 Å². The van der Waals surface area contributed by atoms with Crippen LogP contribution in [0.4, 0.5) is 0 Å². The second-order valence-electron chi connectivity index (χ2n) is 7.91. The average Bonchev–Trinajstić information content (AvgIpc) is 2.79. The molecule has 6 nitrogen and oxygen atoms in total. The summed E-state index contributed by atoms with van der Waals surface area (Å²) in [6, 6.07) is 14.3. The molecule has 0 aliphatic rings. The first kappa shape index (κ1) is 31.1. The van der Waals surface area contributed by atoms with E-state index < -0.39 is 0 Å². The van der Waals surface area contributed by atoms with Gasteiger partial charge in [0.05, 0.1) is 33.5 Å². The zero-order chi connectivity index (χ0) is 26.2. The normalized spacial score (nSPS) is 10.9. The van der Waals surface area contributed by atoms with Crippen molar-refractivity contribution >= 4 is 75.7 Å². The van der Waals surface area contributed by atoms with Crippen molar-refractivity contribution in [3.63, 3.8) is 0 Å². The van der Waals surface area contributed by atoms with Crippen molar-refractivity contribution in [2.24, 2.45) is 0 Å². The number of hydrogen-bond donors (Lipinski definition) is 0. The number of rotatable bonds is 17. The Morgan fingerprint density at radius 3 is 1.33 bits per heavy atom. The summed E-state index contributed by atoms with van der Waals surface area (Å²) in [7, 11) is 0. The monoisotopic (exact) mass is 754 g/mol. The van der Waals surface area contributed by atoms with Crippen molar-refractivity contribution < 1.29 is 28.5 Å². The third-order valence-electron chi connectivity index (χ3n) is 4.79. The molecule has 198 valence electrons. The minimum Gasteiger partial charge on any atom is -0.493 e. The summed E-state index contributed by atoms with van der Waals surface area (Å²) >= 11 is 13.1. The molecule has 0 N–H and O–H groups in total. The van der Waals surface area contributed by atoms with E-state index in [9.17, 15) is 9.59 Å². The van der Waals surface area contributed by atoms with Crippen LogP contribution in [0.15, 0.2) is 48.5 Å². The van der Waals surface area contributed by atoms with Crippen LogP contribution in [0.5, 0.6) is 23.0 Å². The number of carbonyl (C=O) groups is 2. The van der Waals surface area contributed by atoms with Crippen molar-refractivity contribution in [2.45, 2.75) is 58.8 Å². The van der Waals surface area contributed by atoms with Crippen LogP contribution >= 0.6 is 63.7 Å². The van der Waals surface area contributed by atoms with Crippen molar-refractivity contribution in [1.29, 1.82) is 0 Å². The number of ether oxygens (including phenoxy) is 4. The smallest absolute Gasteiger partial charge is 0.313 e. The second-order valence-corrected chi connectivity index (χ2v) is 14.8. The largest absolute Gasteiger partial charge is 0.493 e. The minimum absolute atomic E-state index is 0.105. The van der Waals surface area contributed by atoms with Crippen LogP contribution in [0.2, 0.25) is 0 Å². The molecule has 36 heavy (non-hydrogen) atoms. The number of unbranched alkanes of at least 4 members (excludes halogenated alkanes) is 5. The van der Waals surface area contributed by atoms with Crippen LogP contribution in [0, 0.1) is 0 Å². The SMILES string of the molecule is O=C(CC(Br)Br)Oc1cccc(OCCCCCCCCOc2cccc(OC(=O)CC(Br)Br)c2)c1. The third kappa shape index (κ3) is 14.6. The molecule has 0 unspecified atom stereocenters. The zero-order valence-electron chi connectivity index (χ0n) is 19.8. The predicted molar refractivity (Wildman–Crippen MR) is 155 cm³/mol. The van der Waals surface area contributed by atoms with Crippen LogP contribution in [-0.2, 0) is 9.59 Å². The molecule has 0 fully saturated rings. The fourth-order valence-electron chi connectivity index (χ4n) is 3.14. The summed E-state index contributed by atoms with van der Waals surface area (Å²) in [5.41, 5.74) is 0. The van der Waals surface area contributed by atoms with Crippen molar-refractivity contribution in [1.82, 2.24) is 0 Å². The quantitative estimate of drug-likeness (QED) is 0.0700. The summed E-state index contributed by atoms with van der Waals surface area (Å²) in [6.07, 6.45) is 6.84. The number of alkyl halides is 4. The van der Waals surface area contributed by atoms with Gasteiger partial charge in [-0.1, -0.05) is 102 Å². The van der Waals surface area contributed by atoms with Crippen LogP contribution in [-0.4, -0.2) is 32.6 Å². The Labute approximate surface area is 246 Å². The summed E-state index contributed by atoms with van der Waals surface area (Å²) in [4.78, 5) is 23.5. The van der Waals surface area contributed by atoms with E-state index in [0.717, 1.165) is 38.5 Å². The van der Waals surface area contributed by atoms with Gasteiger partial charge in [-0.05, 0) is 37.1 Å². The van der Waals surface area contributed by atoms with Gasteiger partial charge in [-0.25, -0.2) is 0 Å². The van der Waals surface area contributed by atoms with E-state index in [2.05, 4.69) is 63.7 Å². The van der Waals surface area contributed by atoms with E-state index >= 15 is 0 Å². The van der Waals surface area contributed by atoms with E-state index in [0.29, 0.717) is 36.2 Å². The molecule has 0 bridgehead atoms. The van der Waals surface area contributed by atoms with Crippen molar-refractivity contribution in [3.05, 3.63) is 48.5 Å². The van der Waals surface area contributed by atoms with Crippen molar-refractivity contribution in [2.75, 3.05) is 13.2 Å². The Kier molecular flexibility index (Phi) is 15.7. The summed E-state index contributed by atoms with van der Waals surface area (Å²) in [6.45, 7) is 1.25. The molecule has 2 aromatic rings. The molecule has 0 heterocycles. The van der Waals surface area contributed by atoms with Gasteiger partial charge < -0.3 is 18.9 Å². The van der Waals surface area contributed by atoms with Gasteiger partial charge in [-0.3, -0.25) is 9.59 Å². The molecule has 0 aromatic heterocycles. The second kappa shape index (κ2) is 18.2. The summed E-state index contributed by atoms with van der Waals surface area (Å²) in [5, 5.41) is 0. The molecule has 0 radical (unpaired) electrons. The molecule has 0 saturated heterocycles. The lowest BCUT2D eigenvalue weighted by molar-refractivity contribution is -0.134. The molecule has 0 spiro atoms. The van der Waals surface area contributed by atoms with Gasteiger partial charge in [-0.15, -0.1) is 0 Å². The number of halogens is 4. The van der Waals surface area contributed by atoms with Gasteiger partial charge in [0.25, 0.3) is 0 Å². The summed E-state index contributed by atoms with van der Waals surface area (Å²) < 4.78 is 22.0. The number of hydrogen-bond acceptors (Lipinski definition) is 6. The van der Waals surface area contributed by atoms with Crippen molar-refractivity contribution in [3.8, 4) is 23.0 Å². The molecule has 0 saturated carbocycles. The molecule has 2 rings (SSSR count). The predicted octanol–water partition coefficient (Wildman–Crippen LogP) is 8.31. The minimum atomic E-state index is -0.315. The molecule has 10 heteroatoms. The van der Waals surface area contributed by atoms with Crippen LogP contribution in [0.3, 0.4) is 0 Å². The highest BCUT2D eigenvalue weighted by Crippen LogP contribution is 2.23. The molecular formula is C26H30Br4O6. The number of benzene rings is 2. The van der Waals surface area contributed by atoms with E-state index in [1.54, 1.807) is 24.3 Å². The highest BCUT2D eigenvalue weighted by Gasteiger charge is 2.11. The first-order valence-electron chi connectivity index (χ1n) is 11.7. The van der Waals surface area contributed by atoms with Gasteiger partial charge in [0, 0.05) is 12.1 Å². The van der Waals surface area contributed by atoms with Gasteiger partial charge in [0.1, 0.15) is 23.0 Å². The highest BCUT2D eigenvalue weighted by molar-refractivity contribution is 9.25. The molecule has 0 amide bonds. The van der Waals surface area contributed by atoms with Crippen LogP contribution < -0.4 is 18.9 Å². The fraction of sp³-hybridized carbons (Fsp3) is 0.462. The van der Waals surface area contributed by atoms with E-state index in [4.69, 9.17) is 18.9 Å². The Morgan fingerprint density at radius 2 is 0.944 bits per heavy atom.